The van der Waals surface area contributed by atoms with Gasteiger partial charge in [-0.2, -0.15) is 0 Å². The van der Waals surface area contributed by atoms with Crippen molar-refractivity contribution in [2.24, 2.45) is 0 Å². The second-order valence-corrected chi connectivity index (χ2v) is 4.97. The molecule has 0 aliphatic carbocycles. The van der Waals surface area contributed by atoms with Crippen LogP contribution in [0.3, 0.4) is 0 Å². The standard InChI is InChI=1S/C16H19NO3/c1-20-11-13-4-2-3-12(9-13)10-15(18)7-5-14-6-8-16(19)17-14/h2-5,7,9,14H,6,8,10-11H2,1H3,(H,17,19)/t14-/m0/s1. The maximum Gasteiger partial charge on any atom is 0.220 e. The monoisotopic (exact) mass is 273 g/mol. The average Bonchev–Trinajstić information content (AvgIpc) is 2.83. The number of carbonyl (C=O) groups excluding carboxylic acids is 2. The van der Waals surface area contributed by atoms with Crippen molar-refractivity contribution in [2.45, 2.75) is 31.9 Å². The quantitative estimate of drug-likeness (QED) is 0.804. The van der Waals surface area contributed by atoms with Crippen molar-refractivity contribution in [3.8, 4) is 0 Å². The average molecular weight is 273 g/mol. The van der Waals surface area contributed by atoms with Gasteiger partial charge in [0.2, 0.25) is 5.91 Å². The summed E-state index contributed by atoms with van der Waals surface area (Å²) in [6, 6.07) is 7.82. The van der Waals surface area contributed by atoms with E-state index in [9.17, 15) is 9.59 Å². The van der Waals surface area contributed by atoms with Gasteiger partial charge < -0.3 is 10.1 Å². The number of allylic oxidation sites excluding steroid dienone is 1. The van der Waals surface area contributed by atoms with Crippen LogP contribution in [0.15, 0.2) is 36.4 Å². The summed E-state index contributed by atoms with van der Waals surface area (Å²) in [6.45, 7) is 0.548. The summed E-state index contributed by atoms with van der Waals surface area (Å²) in [6.07, 6.45) is 5.04. The van der Waals surface area contributed by atoms with E-state index in [-0.39, 0.29) is 17.7 Å². The Kier molecular flexibility index (Phi) is 5.07. The molecule has 0 unspecified atom stereocenters. The molecule has 2 rings (SSSR count). The summed E-state index contributed by atoms with van der Waals surface area (Å²) >= 11 is 0. The number of ketones is 1. The Hall–Kier alpha value is -1.94. The molecule has 1 aliphatic heterocycles. The van der Waals surface area contributed by atoms with E-state index < -0.39 is 0 Å². The highest BCUT2D eigenvalue weighted by Crippen LogP contribution is 2.10. The highest BCUT2D eigenvalue weighted by atomic mass is 16.5. The highest BCUT2D eigenvalue weighted by Gasteiger charge is 2.17. The van der Waals surface area contributed by atoms with Crippen molar-refractivity contribution >= 4 is 11.7 Å². The first-order chi connectivity index (χ1) is 9.67. The molecule has 0 saturated carbocycles. The second kappa shape index (κ2) is 7.01. The van der Waals surface area contributed by atoms with Gasteiger partial charge in [0.25, 0.3) is 0 Å². The molecule has 1 aromatic carbocycles. The van der Waals surface area contributed by atoms with E-state index in [1.807, 2.05) is 24.3 Å². The number of benzene rings is 1. The minimum atomic E-state index is 0.00581. The maximum atomic E-state index is 11.9. The van der Waals surface area contributed by atoms with Crippen LogP contribution in [0.4, 0.5) is 0 Å². The SMILES string of the molecule is COCc1cccc(CC(=O)C=C[C@H]2CCC(=O)N2)c1. The van der Waals surface area contributed by atoms with Crippen LogP contribution in [0.2, 0.25) is 0 Å². The fourth-order valence-corrected chi connectivity index (χ4v) is 2.26. The van der Waals surface area contributed by atoms with Crippen molar-refractivity contribution < 1.29 is 14.3 Å². The van der Waals surface area contributed by atoms with Crippen molar-refractivity contribution in [1.82, 2.24) is 5.32 Å². The maximum absolute atomic E-state index is 11.9. The molecule has 4 nitrogen and oxygen atoms in total. The zero-order valence-corrected chi connectivity index (χ0v) is 11.6. The number of rotatable bonds is 6. The smallest absolute Gasteiger partial charge is 0.220 e. The van der Waals surface area contributed by atoms with Crippen LogP contribution in [0.5, 0.6) is 0 Å². The van der Waals surface area contributed by atoms with E-state index in [1.165, 1.54) is 0 Å². The predicted octanol–water partition coefficient (Wildman–Crippen LogP) is 1.78. The molecule has 0 spiro atoms. The van der Waals surface area contributed by atoms with Gasteiger partial charge >= 0.3 is 0 Å². The molecule has 0 bridgehead atoms. The van der Waals surface area contributed by atoms with Crippen molar-refractivity contribution in [1.29, 1.82) is 0 Å². The van der Waals surface area contributed by atoms with Crippen LogP contribution in [-0.4, -0.2) is 24.8 Å². The summed E-state index contributed by atoms with van der Waals surface area (Å²) in [5, 5.41) is 2.80. The van der Waals surface area contributed by atoms with E-state index in [4.69, 9.17) is 4.74 Å². The van der Waals surface area contributed by atoms with Gasteiger partial charge in [-0.15, -0.1) is 0 Å². The third-order valence-electron chi connectivity index (χ3n) is 3.22. The molecule has 1 N–H and O–H groups in total. The van der Waals surface area contributed by atoms with Gasteiger partial charge in [0.15, 0.2) is 5.78 Å². The van der Waals surface area contributed by atoms with Crippen LogP contribution in [0, 0.1) is 0 Å². The molecule has 20 heavy (non-hydrogen) atoms. The molecular weight excluding hydrogens is 254 g/mol. The topological polar surface area (TPSA) is 55.4 Å². The number of carbonyl (C=O) groups is 2. The number of amides is 1. The van der Waals surface area contributed by atoms with Crippen LogP contribution < -0.4 is 5.32 Å². The molecule has 1 saturated heterocycles. The molecule has 1 amide bonds. The third-order valence-corrected chi connectivity index (χ3v) is 3.22. The minimum absolute atomic E-state index is 0.00581. The molecule has 0 radical (unpaired) electrons. The summed E-state index contributed by atoms with van der Waals surface area (Å²) in [4.78, 5) is 22.9. The van der Waals surface area contributed by atoms with Gasteiger partial charge in [-0.1, -0.05) is 30.3 Å². The first-order valence-corrected chi connectivity index (χ1v) is 6.74. The lowest BCUT2D eigenvalue weighted by molar-refractivity contribution is -0.119. The second-order valence-electron chi connectivity index (χ2n) is 4.97. The zero-order valence-electron chi connectivity index (χ0n) is 11.6. The van der Waals surface area contributed by atoms with E-state index >= 15 is 0 Å². The lowest BCUT2D eigenvalue weighted by Crippen LogP contribution is -2.23. The van der Waals surface area contributed by atoms with E-state index in [1.54, 1.807) is 19.3 Å². The van der Waals surface area contributed by atoms with Gasteiger partial charge in [-0.05, 0) is 23.6 Å². The Morgan fingerprint density at radius 3 is 2.95 bits per heavy atom. The summed E-state index contributed by atoms with van der Waals surface area (Å²) in [5.74, 6) is 0.0973. The summed E-state index contributed by atoms with van der Waals surface area (Å²) in [7, 11) is 1.65. The Bertz CT molecular complexity index is 522. The number of nitrogens with one attached hydrogen (secondary N) is 1. The largest absolute Gasteiger partial charge is 0.380 e. The molecule has 1 heterocycles. The fourth-order valence-electron chi connectivity index (χ4n) is 2.26. The van der Waals surface area contributed by atoms with E-state index in [0.717, 1.165) is 17.5 Å². The van der Waals surface area contributed by atoms with Crippen molar-refractivity contribution in [3.63, 3.8) is 0 Å². The summed E-state index contributed by atoms with van der Waals surface area (Å²) in [5.41, 5.74) is 2.04. The highest BCUT2D eigenvalue weighted by molar-refractivity contribution is 5.91. The Morgan fingerprint density at radius 1 is 1.45 bits per heavy atom. The van der Waals surface area contributed by atoms with Crippen molar-refractivity contribution in [3.05, 3.63) is 47.5 Å². The normalized spacial score (nSPS) is 18.4. The number of hydrogen-bond donors (Lipinski definition) is 1. The first kappa shape index (κ1) is 14.5. The molecule has 1 aliphatic rings. The predicted molar refractivity (Wildman–Crippen MR) is 76.2 cm³/mol. The third kappa shape index (κ3) is 4.31. The van der Waals surface area contributed by atoms with Crippen molar-refractivity contribution in [2.75, 3.05) is 7.11 Å². The Balaban J connectivity index is 1.89. The lowest BCUT2D eigenvalue weighted by Gasteiger charge is -2.04. The first-order valence-electron chi connectivity index (χ1n) is 6.74. The van der Waals surface area contributed by atoms with Crippen LogP contribution >= 0.6 is 0 Å². The van der Waals surface area contributed by atoms with Gasteiger partial charge in [0, 0.05) is 26.0 Å². The zero-order chi connectivity index (χ0) is 14.4. The number of ether oxygens (including phenoxy) is 1. The summed E-state index contributed by atoms with van der Waals surface area (Å²) < 4.78 is 5.07. The molecule has 0 aromatic heterocycles. The van der Waals surface area contributed by atoms with Gasteiger partial charge in [0.05, 0.1) is 6.61 Å². The molecule has 1 aromatic rings. The molecule has 4 heteroatoms. The van der Waals surface area contributed by atoms with Crippen LogP contribution in [-0.2, 0) is 27.4 Å². The lowest BCUT2D eigenvalue weighted by atomic mass is 10.1. The Labute approximate surface area is 118 Å². The Morgan fingerprint density at radius 2 is 2.25 bits per heavy atom. The molecule has 1 atom stereocenters. The minimum Gasteiger partial charge on any atom is -0.380 e. The van der Waals surface area contributed by atoms with Gasteiger partial charge in [-0.3, -0.25) is 9.59 Å². The van der Waals surface area contributed by atoms with Gasteiger partial charge in [0.1, 0.15) is 0 Å². The van der Waals surface area contributed by atoms with E-state index in [0.29, 0.717) is 19.4 Å². The molecule has 106 valence electrons. The van der Waals surface area contributed by atoms with E-state index in [2.05, 4.69) is 5.32 Å². The van der Waals surface area contributed by atoms with Gasteiger partial charge in [-0.25, -0.2) is 0 Å². The van der Waals surface area contributed by atoms with Crippen LogP contribution in [0.25, 0.3) is 0 Å². The van der Waals surface area contributed by atoms with Crippen LogP contribution in [0.1, 0.15) is 24.0 Å². The number of hydrogen-bond acceptors (Lipinski definition) is 3. The fraction of sp³-hybridized carbons (Fsp3) is 0.375. The number of methoxy groups -OCH3 is 1. The molecular formula is C16H19NO3. The molecule has 1 fully saturated rings.